The van der Waals surface area contributed by atoms with Crippen LogP contribution in [0.1, 0.15) is 12.1 Å². The molecule has 2 atom stereocenters. The van der Waals surface area contributed by atoms with Crippen molar-refractivity contribution >= 4 is 30.9 Å². The fraction of sp³-hybridized carbons (Fsp3) is 0.476. The van der Waals surface area contributed by atoms with Crippen molar-refractivity contribution in [2.75, 3.05) is 39.4 Å². The summed E-state index contributed by atoms with van der Waals surface area (Å²) in [6.45, 7) is -1.40. The number of nitrogens with one attached hydrogen (secondary N) is 1. The third-order valence-corrected chi connectivity index (χ3v) is 6.98. The van der Waals surface area contributed by atoms with Crippen LogP contribution in [-0.4, -0.2) is 95.4 Å². The summed E-state index contributed by atoms with van der Waals surface area (Å²) in [7, 11) is 0. The number of fused-ring (bicyclic) bond motifs is 3. The van der Waals surface area contributed by atoms with E-state index in [9.17, 15) is 18.2 Å². The number of hydrogen-bond acceptors (Lipinski definition) is 4. The zero-order valence-electron chi connectivity index (χ0n) is 17.9. The molecule has 3 fully saturated rings. The Hall–Kier alpha value is -3.15. The number of nitrogens with zero attached hydrogens (tertiary/aromatic N) is 4. The maximum Gasteiger partial charge on any atom is 0.737 e. The Labute approximate surface area is 189 Å². The molecule has 0 bridgehead atoms. The zero-order valence-corrected chi connectivity index (χ0v) is 17.9. The summed E-state index contributed by atoms with van der Waals surface area (Å²) in [6, 6.07) is 3.00. The van der Waals surface area contributed by atoms with Gasteiger partial charge in [-0.25, -0.2) is 4.79 Å². The van der Waals surface area contributed by atoms with Gasteiger partial charge in [-0.05, 0) is 24.8 Å². The summed E-state index contributed by atoms with van der Waals surface area (Å²) >= 11 is 0. The fourth-order valence-electron chi connectivity index (χ4n) is 5.23. The van der Waals surface area contributed by atoms with Gasteiger partial charge in [-0.2, -0.15) is 0 Å². The number of allylic oxidation sites excluding steroid dienone is 2. The summed E-state index contributed by atoms with van der Waals surface area (Å²) in [5.41, 5.74) is 0.719. The SMILES string of the molecule is O=C1CO[C@H]2CCN(C(=O)N3CC(COC4=C5C=CC=[N+]5[B-](F)(F)n5cccc54)C3)C[C@H]2N1. The van der Waals surface area contributed by atoms with Crippen LogP contribution in [0.5, 0.6) is 0 Å². The minimum absolute atomic E-state index is 0.0385. The molecule has 0 spiro atoms. The van der Waals surface area contributed by atoms with Gasteiger partial charge in [-0.15, -0.1) is 0 Å². The standard InChI is InChI=1S/C21H24BF2N5O4/c23-22(24)28-6-1-3-16(28)20(17-4-2-7-29(17)22)33-12-14-9-27(10-14)21(31)26-8-5-18-15(11-26)25-19(30)13-32-18/h1-4,6-7,14-15,18H,5,8-13H2,(H,25,30)/t15-,18+/m1/s1. The summed E-state index contributed by atoms with van der Waals surface area (Å²) in [5, 5.41) is 2.91. The Morgan fingerprint density at radius 2 is 2.15 bits per heavy atom. The number of carbonyl (C=O) groups excluding carboxylic acids is 2. The third kappa shape index (κ3) is 3.26. The summed E-state index contributed by atoms with van der Waals surface area (Å²) in [4.78, 5) is 28.0. The van der Waals surface area contributed by atoms with Crippen LogP contribution in [0.3, 0.4) is 0 Å². The molecule has 0 aromatic carbocycles. The van der Waals surface area contributed by atoms with E-state index < -0.39 is 6.97 Å². The topological polar surface area (TPSA) is 79.0 Å². The predicted octanol–water partition coefficient (Wildman–Crippen LogP) is 0.704. The molecular formula is C21H24BF2N5O4. The van der Waals surface area contributed by atoms with Crippen molar-refractivity contribution in [3.8, 4) is 0 Å². The number of hydrogen-bond donors (Lipinski definition) is 1. The lowest BCUT2D eigenvalue weighted by molar-refractivity contribution is -0.358. The number of piperidine rings is 1. The van der Waals surface area contributed by atoms with E-state index >= 15 is 0 Å². The molecule has 5 aliphatic rings. The Morgan fingerprint density at radius 3 is 3.00 bits per heavy atom. The van der Waals surface area contributed by atoms with Crippen LogP contribution < -0.4 is 5.32 Å². The van der Waals surface area contributed by atoms with Crippen molar-refractivity contribution in [2.24, 2.45) is 5.92 Å². The van der Waals surface area contributed by atoms with Gasteiger partial charge in [0.05, 0.1) is 24.4 Å². The van der Waals surface area contributed by atoms with Crippen LogP contribution in [0, 0.1) is 5.92 Å². The van der Waals surface area contributed by atoms with Gasteiger partial charge in [0.2, 0.25) is 17.4 Å². The largest absolute Gasteiger partial charge is 0.737 e. The molecule has 1 N–H and O–H groups in total. The molecule has 1 aromatic heterocycles. The van der Waals surface area contributed by atoms with E-state index in [4.69, 9.17) is 9.47 Å². The molecule has 174 valence electrons. The van der Waals surface area contributed by atoms with Crippen molar-refractivity contribution in [3.63, 3.8) is 0 Å². The maximum absolute atomic E-state index is 14.8. The second-order valence-electron chi connectivity index (χ2n) is 9.14. The molecule has 5 aliphatic heterocycles. The van der Waals surface area contributed by atoms with Crippen LogP contribution in [0.4, 0.5) is 13.4 Å². The van der Waals surface area contributed by atoms with Crippen molar-refractivity contribution in [1.82, 2.24) is 19.6 Å². The normalized spacial score (nSPS) is 27.9. The highest BCUT2D eigenvalue weighted by molar-refractivity contribution is 6.57. The minimum atomic E-state index is -3.94. The first-order valence-electron chi connectivity index (χ1n) is 11.2. The highest BCUT2D eigenvalue weighted by atomic mass is 19.2. The summed E-state index contributed by atoms with van der Waals surface area (Å²) in [6.07, 6.45) is 6.62. The molecule has 3 amide bonds. The zero-order chi connectivity index (χ0) is 22.7. The number of urea groups is 1. The second-order valence-corrected chi connectivity index (χ2v) is 9.14. The van der Waals surface area contributed by atoms with E-state index in [-0.39, 0.29) is 36.6 Å². The molecule has 0 aliphatic carbocycles. The van der Waals surface area contributed by atoms with E-state index in [1.54, 1.807) is 34.1 Å². The number of amides is 3. The fourth-order valence-corrected chi connectivity index (χ4v) is 5.23. The predicted molar refractivity (Wildman–Crippen MR) is 114 cm³/mol. The molecule has 3 saturated heterocycles. The lowest BCUT2D eigenvalue weighted by atomic mass is 9.91. The average Bonchev–Trinajstić information content (AvgIpc) is 3.45. The highest BCUT2D eigenvalue weighted by Gasteiger charge is 2.52. The van der Waals surface area contributed by atoms with E-state index in [2.05, 4.69) is 5.32 Å². The van der Waals surface area contributed by atoms with Crippen molar-refractivity contribution in [1.29, 1.82) is 0 Å². The van der Waals surface area contributed by atoms with Gasteiger partial charge in [0.1, 0.15) is 12.8 Å². The van der Waals surface area contributed by atoms with E-state index in [0.717, 1.165) is 8.96 Å². The van der Waals surface area contributed by atoms with Crippen LogP contribution in [0.25, 0.3) is 5.76 Å². The van der Waals surface area contributed by atoms with E-state index in [1.807, 2.05) is 0 Å². The van der Waals surface area contributed by atoms with Gasteiger partial charge in [0.15, 0.2) is 0 Å². The third-order valence-electron chi connectivity index (χ3n) is 6.98. The quantitative estimate of drug-likeness (QED) is 0.676. The van der Waals surface area contributed by atoms with Gasteiger partial charge in [-0.3, -0.25) is 4.79 Å². The van der Waals surface area contributed by atoms with E-state index in [0.29, 0.717) is 56.4 Å². The molecule has 12 heteroatoms. The Bertz CT molecular complexity index is 1110. The number of morpholine rings is 1. The first-order valence-corrected chi connectivity index (χ1v) is 11.2. The second kappa shape index (κ2) is 7.44. The van der Waals surface area contributed by atoms with Gasteiger partial charge in [-0.1, -0.05) is 0 Å². The molecule has 1 aromatic rings. The number of halogens is 2. The van der Waals surface area contributed by atoms with Crippen LogP contribution >= 0.6 is 0 Å². The Kier molecular flexibility index (Phi) is 4.61. The van der Waals surface area contributed by atoms with Crippen LogP contribution in [-0.2, 0) is 14.3 Å². The molecule has 33 heavy (non-hydrogen) atoms. The number of rotatable bonds is 3. The van der Waals surface area contributed by atoms with Crippen molar-refractivity contribution in [3.05, 3.63) is 41.9 Å². The minimum Gasteiger partial charge on any atom is -0.485 e. The number of aromatic nitrogens is 1. The molecular weight excluding hydrogens is 435 g/mol. The molecule has 0 radical (unpaired) electrons. The van der Waals surface area contributed by atoms with Gasteiger partial charge < -0.3 is 42.2 Å². The molecule has 6 rings (SSSR count). The molecule has 0 saturated carbocycles. The molecule has 0 unspecified atom stereocenters. The first kappa shape index (κ1) is 20.5. The lowest BCUT2D eigenvalue weighted by Crippen LogP contribution is -2.64. The van der Waals surface area contributed by atoms with Crippen molar-refractivity contribution in [2.45, 2.75) is 18.6 Å². The molecule has 6 heterocycles. The number of likely N-dealkylation sites (tertiary alicyclic amines) is 2. The van der Waals surface area contributed by atoms with E-state index in [1.165, 1.54) is 12.4 Å². The smallest absolute Gasteiger partial charge is 0.485 e. The van der Waals surface area contributed by atoms with Crippen LogP contribution in [0.15, 0.2) is 36.2 Å². The maximum atomic E-state index is 14.8. The summed E-state index contributed by atoms with van der Waals surface area (Å²) in [5.74, 6) is 0.400. The highest BCUT2D eigenvalue weighted by Crippen LogP contribution is 2.36. The monoisotopic (exact) mass is 459 g/mol. The lowest BCUT2D eigenvalue weighted by Gasteiger charge is -2.46. The summed E-state index contributed by atoms with van der Waals surface area (Å²) < 4.78 is 43.1. The molecule has 9 nitrogen and oxygen atoms in total. The average molecular weight is 459 g/mol. The number of carbonyl (C=O) groups is 2. The van der Waals surface area contributed by atoms with Gasteiger partial charge >= 0.3 is 13.0 Å². The Morgan fingerprint density at radius 1 is 1.30 bits per heavy atom. The Balaban J connectivity index is 1.06. The van der Waals surface area contributed by atoms with Crippen molar-refractivity contribution < 1.29 is 32.2 Å². The number of ether oxygens (including phenoxy) is 2. The first-order chi connectivity index (χ1) is 15.9. The van der Waals surface area contributed by atoms with Gasteiger partial charge in [0.25, 0.3) is 0 Å². The van der Waals surface area contributed by atoms with Crippen LogP contribution in [0.2, 0.25) is 0 Å². The van der Waals surface area contributed by atoms with Gasteiger partial charge in [0, 0.05) is 44.2 Å².